The van der Waals surface area contributed by atoms with Crippen LogP contribution in [0.15, 0.2) is 48.8 Å². The average molecular weight is 494 g/mol. The van der Waals surface area contributed by atoms with Gasteiger partial charge in [-0.3, -0.25) is 4.79 Å². The smallest absolute Gasteiger partial charge is 0.397 e. The summed E-state index contributed by atoms with van der Waals surface area (Å²) >= 11 is 1.10. The van der Waals surface area contributed by atoms with Crippen molar-refractivity contribution in [3.63, 3.8) is 0 Å². The van der Waals surface area contributed by atoms with Crippen molar-refractivity contribution in [3.05, 3.63) is 59.9 Å². The summed E-state index contributed by atoms with van der Waals surface area (Å²) in [5.41, 5.74) is 7.38. The van der Waals surface area contributed by atoms with Gasteiger partial charge in [0.05, 0.1) is 33.8 Å². The number of hydrogen-bond acceptors (Lipinski definition) is 7. The molecule has 182 valence electrons. The molecule has 0 atom stereocenters. The van der Waals surface area contributed by atoms with E-state index in [2.05, 4.69) is 22.2 Å². The number of fused-ring (bicyclic) bond motifs is 1. The first-order valence-corrected chi connectivity index (χ1v) is 11.4. The number of rotatable bonds is 10. The molecular formula is C23H26F3N5O2S. The maximum atomic E-state index is 13.0. The molecule has 0 radical (unpaired) electrons. The van der Waals surface area contributed by atoms with Gasteiger partial charge in [-0.15, -0.1) is 0 Å². The number of alkyl halides is 3. The third-order valence-electron chi connectivity index (χ3n) is 4.93. The van der Waals surface area contributed by atoms with Crippen molar-refractivity contribution < 1.29 is 22.7 Å². The molecule has 0 fully saturated rings. The molecule has 0 saturated carbocycles. The van der Waals surface area contributed by atoms with Crippen LogP contribution in [0.2, 0.25) is 0 Å². The average Bonchev–Trinajstić information content (AvgIpc) is 3.19. The van der Waals surface area contributed by atoms with E-state index in [9.17, 15) is 18.0 Å². The summed E-state index contributed by atoms with van der Waals surface area (Å²) in [5.74, 6) is 0.184. The molecular weight excluding hydrogens is 467 g/mol. The number of nitrogens with zero attached hydrogens (tertiary/aromatic N) is 2. The lowest BCUT2D eigenvalue weighted by Crippen LogP contribution is -2.28. The number of nitrogen functional groups attached to an aromatic ring is 1. The van der Waals surface area contributed by atoms with E-state index in [0.29, 0.717) is 64.4 Å². The molecule has 0 aliphatic heterocycles. The Hall–Kier alpha value is -3.31. The number of nitrogens with one attached hydrogen (secondary N) is 2. The summed E-state index contributed by atoms with van der Waals surface area (Å²) < 4.78 is 44.6. The molecule has 1 heterocycles. The fourth-order valence-electron chi connectivity index (χ4n) is 3.28. The fraction of sp³-hybridized carbons (Fsp3) is 0.304. The SMILES string of the molecule is C=C(Nc1nc2ccc(C(F)(F)F)cc2s1)N(CC)c1ccc(C(=O)NCCOCC)cc1N. The Morgan fingerprint density at radius 1 is 1.24 bits per heavy atom. The molecule has 0 aliphatic rings. The van der Waals surface area contributed by atoms with Gasteiger partial charge in [-0.05, 0) is 50.2 Å². The van der Waals surface area contributed by atoms with Crippen LogP contribution in [-0.2, 0) is 10.9 Å². The second-order valence-corrected chi connectivity index (χ2v) is 8.27. The Labute approximate surface area is 199 Å². The second kappa shape index (κ2) is 10.7. The number of thiazole rings is 1. The minimum atomic E-state index is -4.42. The highest BCUT2D eigenvalue weighted by atomic mass is 32.1. The predicted molar refractivity (Wildman–Crippen MR) is 130 cm³/mol. The van der Waals surface area contributed by atoms with E-state index in [4.69, 9.17) is 10.5 Å². The fourth-order valence-corrected chi connectivity index (χ4v) is 4.20. The van der Waals surface area contributed by atoms with Gasteiger partial charge in [0.25, 0.3) is 5.91 Å². The van der Waals surface area contributed by atoms with Gasteiger partial charge in [-0.1, -0.05) is 17.9 Å². The Balaban J connectivity index is 1.73. The lowest BCUT2D eigenvalue weighted by Gasteiger charge is -2.27. The summed E-state index contributed by atoms with van der Waals surface area (Å²) in [6, 6.07) is 8.39. The van der Waals surface area contributed by atoms with E-state index < -0.39 is 11.7 Å². The number of carbonyl (C=O) groups excluding carboxylic acids is 1. The minimum absolute atomic E-state index is 0.259. The molecule has 0 unspecified atom stereocenters. The number of ether oxygens (including phenoxy) is 1. The lowest BCUT2D eigenvalue weighted by atomic mass is 10.1. The summed E-state index contributed by atoms with van der Waals surface area (Å²) in [6.07, 6.45) is -4.42. The van der Waals surface area contributed by atoms with Crippen LogP contribution >= 0.6 is 11.3 Å². The topological polar surface area (TPSA) is 92.5 Å². The Morgan fingerprint density at radius 3 is 2.65 bits per heavy atom. The van der Waals surface area contributed by atoms with Crippen LogP contribution in [0.5, 0.6) is 0 Å². The van der Waals surface area contributed by atoms with Crippen molar-refractivity contribution in [2.45, 2.75) is 20.0 Å². The summed E-state index contributed by atoms with van der Waals surface area (Å²) in [4.78, 5) is 18.5. The molecule has 7 nitrogen and oxygen atoms in total. The van der Waals surface area contributed by atoms with Gasteiger partial charge < -0.3 is 26.0 Å². The number of aromatic nitrogens is 1. The summed E-state index contributed by atoms with van der Waals surface area (Å²) in [7, 11) is 0. The highest BCUT2D eigenvalue weighted by Crippen LogP contribution is 2.35. The van der Waals surface area contributed by atoms with Crippen LogP contribution in [-0.4, -0.2) is 37.2 Å². The van der Waals surface area contributed by atoms with E-state index >= 15 is 0 Å². The number of halogens is 3. The van der Waals surface area contributed by atoms with Gasteiger partial charge in [0.15, 0.2) is 5.13 Å². The van der Waals surface area contributed by atoms with Gasteiger partial charge in [0, 0.05) is 25.3 Å². The van der Waals surface area contributed by atoms with E-state index in [-0.39, 0.29) is 5.91 Å². The van der Waals surface area contributed by atoms with Gasteiger partial charge in [0.1, 0.15) is 5.82 Å². The van der Waals surface area contributed by atoms with Crippen molar-refractivity contribution in [1.29, 1.82) is 0 Å². The standard InChI is InChI=1S/C23H26F3N5O2S/c1-4-31(19-9-6-15(12-17(19)27)21(32)28-10-11-33-5-2)14(3)29-22-30-18-8-7-16(23(24,25)26)13-20(18)34-22/h6-9,12-13H,3-5,10-11,27H2,1-2H3,(H,28,32)(H,29,30). The Kier molecular flexibility index (Phi) is 8.00. The molecule has 0 bridgehead atoms. The number of hydrogen-bond donors (Lipinski definition) is 3. The molecule has 0 spiro atoms. The number of benzene rings is 2. The molecule has 34 heavy (non-hydrogen) atoms. The maximum absolute atomic E-state index is 13.0. The van der Waals surface area contributed by atoms with Crippen LogP contribution in [0.1, 0.15) is 29.8 Å². The van der Waals surface area contributed by atoms with E-state index in [0.717, 1.165) is 23.5 Å². The van der Waals surface area contributed by atoms with Crippen LogP contribution in [0, 0.1) is 0 Å². The monoisotopic (exact) mass is 493 g/mol. The van der Waals surface area contributed by atoms with Crippen molar-refractivity contribution in [1.82, 2.24) is 10.3 Å². The highest BCUT2D eigenvalue weighted by molar-refractivity contribution is 7.22. The molecule has 3 rings (SSSR count). The number of anilines is 3. The van der Waals surface area contributed by atoms with Crippen LogP contribution in [0.4, 0.5) is 29.7 Å². The number of carbonyl (C=O) groups is 1. The maximum Gasteiger partial charge on any atom is 0.416 e. The van der Waals surface area contributed by atoms with Crippen molar-refractivity contribution in [2.24, 2.45) is 0 Å². The first-order valence-electron chi connectivity index (χ1n) is 10.6. The van der Waals surface area contributed by atoms with Gasteiger partial charge in [0.2, 0.25) is 0 Å². The quantitative estimate of drug-likeness (QED) is 0.270. The highest BCUT2D eigenvalue weighted by Gasteiger charge is 2.30. The minimum Gasteiger partial charge on any atom is -0.397 e. The van der Waals surface area contributed by atoms with E-state index in [1.165, 1.54) is 6.07 Å². The zero-order valence-corrected chi connectivity index (χ0v) is 19.6. The third kappa shape index (κ3) is 5.97. The largest absolute Gasteiger partial charge is 0.416 e. The molecule has 1 aromatic heterocycles. The molecule has 0 saturated heterocycles. The normalized spacial score (nSPS) is 11.4. The van der Waals surface area contributed by atoms with Gasteiger partial charge in [-0.2, -0.15) is 13.2 Å². The lowest BCUT2D eigenvalue weighted by molar-refractivity contribution is -0.137. The molecule has 11 heteroatoms. The summed E-state index contributed by atoms with van der Waals surface area (Å²) in [5, 5.41) is 6.22. The predicted octanol–water partition coefficient (Wildman–Crippen LogP) is 5.07. The van der Waals surface area contributed by atoms with Crippen molar-refractivity contribution in [3.8, 4) is 0 Å². The van der Waals surface area contributed by atoms with Crippen LogP contribution in [0.3, 0.4) is 0 Å². The van der Waals surface area contributed by atoms with Crippen molar-refractivity contribution >= 4 is 44.0 Å². The van der Waals surface area contributed by atoms with Crippen LogP contribution < -0.4 is 21.3 Å². The van der Waals surface area contributed by atoms with Crippen molar-refractivity contribution in [2.75, 3.05) is 42.3 Å². The molecule has 3 aromatic rings. The number of amides is 1. The molecule has 2 aromatic carbocycles. The zero-order valence-electron chi connectivity index (χ0n) is 18.8. The Morgan fingerprint density at radius 2 is 2.00 bits per heavy atom. The molecule has 0 aliphatic carbocycles. The summed E-state index contributed by atoms with van der Waals surface area (Å²) in [6.45, 7) is 9.70. The number of nitrogens with two attached hydrogens (primary N) is 1. The van der Waals surface area contributed by atoms with Gasteiger partial charge in [-0.25, -0.2) is 4.98 Å². The Bertz CT molecular complexity index is 1180. The first kappa shape index (κ1) is 25.3. The van der Waals surface area contributed by atoms with E-state index in [1.54, 1.807) is 23.1 Å². The molecule has 4 N–H and O–H groups in total. The second-order valence-electron chi connectivity index (χ2n) is 7.24. The third-order valence-corrected chi connectivity index (χ3v) is 5.86. The van der Waals surface area contributed by atoms with E-state index in [1.807, 2.05) is 13.8 Å². The first-order chi connectivity index (χ1) is 16.1. The van der Waals surface area contributed by atoms with Crippen LogP contribution in [0.25, 0.3) is 10.2 Å². The zero-order chi connectivity index (χ0) is 24.9. The molecule has 1 amide bonds. The van der Waals surface area contributed by atoms with Gasteiger partial charge >= 0.3 is 6.18 Å².